The van der Waals surface area contributed by atoms with E-state index in [1.54, 1.807) is 0 Å². The van der Waals surface area contributed by atoms with Crippen LogP contribution in [0, 0.1) is 23.2 Å². The van der Waals surface area contributed by atoms with Gasteiger partial charge in [0.25, 0.3) is 0 Å². The summed E-state index contributed by atoms with van der Waals surface area (Å²) < 4.78 is 0. The van der Waals surface area contributed by atoms with Gasteiger partial charge in [-0.3, -0.25) is 0 Å². The largest absolute Gasteiger partial charge is 0.376 e. The van der Waals surface area contributed by atoms with E-state index in [0.29, 0.717) is 10.5 Å². The van der Waals surface area contributed by atoms with Crippen LogP contribution in [0.3, 0.4) is 0 Å². The molecule has 4 aliphatic carbocycles. The van der Waals surface area contributed by atoms with Crippen LogP contribution in [-0.2, 0) is 0 Å². The van der Waals surface area contributed by atoms with Gasteiger partial charge in [0.2, 0.25) is 0 Å². The molecule has 0 heterocycles. The quantitative estimate of drug-likeness (QED) is 0.749. The first-order valence-electron chi connectivity index (χ1n) is 6.18. The lowest BCUT2D eigenvalue weighted by atomic mass is 9.49. The number of nitrogens with one attached hydrogen (secondary N) is 1. The molecule has 2 nitrogen and oxygen atoms in total. The van der Waals surface area contributed by atoms with Crippen LogP contribution in [0.25, 0.3) is 0 Å². The van der Waals surface area contributed by atoms with Crippen LogP contribution in [0.15, 0.2) is 0 Å². The molecule has 0 aromatic carbocycles. The minimum Gasteiger partial charge on any atom is -0.376 e. The Bertz CT molecular complexity index is 257. The Labute approximate surface area is 109 Å². The minimum absolute atomic E-state index is 0. The van der Waals surface area contributed by atoms with Crippen molar-refractivity contribution in [1.82, 2.24) is 5.32 Å². The fourth-order valence-electron chi connectivity index (χ4n) is 4.78. The molecule has 0 aromatic heterocycles. The van der Waals surface area contributed by atoms with Gasteiger partial charge in [0.15, 0.2) is 5.11 Å². The number of nitrogens with two attached hydrogens (primary N) is 1. The normalized spacial score (nSPS) is 43.9. The maximum absolute atomic E-state index is 5.54. The van der Waals surface area contributed by atoms with Gasteiger partial charge >= 0.3 is 0 Å². The molecule has 4 rings (SSSR count). The first-order chi connectivity index (χ1) is 7.15. The molecular weight excluding hydrogens is 240 g/mol. The van der Waals surface area contributed by atoms with Crippen molar-refractivity contribution in [3.63, 3.8) is 0 Å². The van der Waals surface area contributed by atoms with E-state index in [2.05, 4.69) is 5.32 Å². The Kier molecular flexibility index (Phi) is 3.37. The predicted octanol–water partition coefficient (Wildman–Crippen LogP) is 2.46. The van der Waals surface area contributed by atoms with Gasteiger partial charge in [-0.15, -0.1) is 12.4 Å². The third-order valence-corrected chi connectivity index (χ3v) is 4.95. The van der Waals surface area contributed by atoms with E-state index in [1.165, 1.54) is 38.5 Å². The second-order valence-electron chi connectivity index (χ2n) is 6.14. The van der Waals surface area contributed by atoms with Gasteiger partial charge in [-0.05, 0) is 73.9 Å². The molecule has 4 saturated carbocycles. The van der Waals surface area contributed by atoms with Crippen molar-refractivity contribution < 1.29 is 0 Å². The van der Waals surface area contributed by atoms with Crippen LogP contribution in [0.5, 0.6) is 0 Å². The van der Waals surface area contributed by atoms with Gasteiger partial charge in [-0.2, -0.15) is 0 Å². The molecule has 0 spiro atoms. The van der Waals surface area contributed by atoms with E-state index in [0.717, 1.165) is 24.3 Å². The van der Waals surface area contributed by atoms with Crippen molar-refractivity contribution in [3.05, 3.63) is 0 Å². The molecule has 92 valence electrons. The number of halogens is 1. The second-order valence-corrected chi connectivity index (χ2v) is 6.58. The number of hydrogen-bond donors (Lipinski definition) is 2. The van der Waals surface area contributed by atoms with Crippen molar-refractivity contribution >= 4 is 29.7 Å². The molecule has 4 fully saturated rings. The average Bonchev–Trinajstić information content (AvgIpc) is 2.12. The summed E-state index contributed by atoms with van der Waals surface area (Å²) in [7, 11) is 0. The lowest BCUT2D eigenvalue weighted by Crippen LogP contribution is -2.51. The van der Waals surface area contributed by atoms with Crippen LogP contribution in [0.2, 0.25) is 0 Å². The molecular formula is C12H21ClN2S. The molecule has 0 aliphatic heterocycles. The molecule has 0 amide bonds. The van der Waals surface area contributed by atoms with Crippen molar-refractivity contribution in [3.8, 4) is 0 Å². The van der Waals surface area contributed by atoms with E-state index < -0.39 is 0 Å². The van der Waals surface area contributed by atoms with Gasteiger partial charge in [0, 0.05) is 6.54 Å². The molecule has 16 heavy (non-hydrogen) atoms. The fourth-order valence-corrected chi connectivity index (χ4v) is 4.85. The number of thiocarbonyl (C=S) groups is 1. The summed E-state index contributed by atoms with van der Waals surface area (Å²) in [6, 6.07) is 0. The molecule has 0 radical (unpaired) electrons. The van der Waals surface area contributed by atoms with Crippen molar-refractivity contribution in [2.75, 3.05) is 6.54 Å². The summed E-state index contributed by atoms with van der Waals surface area (Å²) in [4.78, 5) is 0. The summed E-state index contributed by atoms with van der Waals surface area (Å²) in [5.74, 6) is 3.05. The highest BCUT2D eigenvalue weighted by Gasteiger charge is 2.50. The Hall–Kier alpha value is -0.0200. The molecule has 4 aliphatic rings. The maximum atomic E-state index is 5.54. The van der Waals surface area contributed by atoms with Crippen molar-refractivity contribution in [1.29, 1.82) is 0 Å². The van der Waals surface area contributed by atoms with Gasteiger partial charge < -0.3 is 11.1 Å². The van der Waals surface area contributed by atoms with E-state index in [1.807, 2.05) is 0 Å². The Morgan fingerprint density at radius 2 is 1.56 bits per heavy atom. The van der Waals surface area contributed by atoms with Crippen LogP contribution in [-0.4, -0.2) is 11.7 Å². The molecule has 4 bridgehead atoms. The molecule has 3 N–H and O–H groups in total. The van der Waals surface area contributed by atoms with Crippen molar-refractivity contribution in [2.45, 2.75) is 38.5 Å². The monoisotopic (exact) mass is 260 g/mol. The summed E-state index contributed by atoms with van der Waals surface area (Å²) in [6.07, 6.45) is 8.79. The predicted molar refractivity (Wildman–Crippen MR) is 72.6 cm³/mol. The minimum atomic E-state index is 0. The summed E-state index contributed by atoms with van der Waals surface area (Å²) in [6.45, 7) is 1.03. The Morgan fingerprint density at radius 3 is 1.94 bits per heavy atom. The smallest absolute Gasteiger partial charge is 0.163 e. The molecule has 0 saturated heterocycles. The third kappa shape index (κ3) is 2.17. The zero-order valence-electron chi connectivity index (χ0n) is 9.58. The van der Waals surface area contributed by atoms with Gasteiger partial charge in [0.05, 0.1) is 0 Å². The van der Waals surface area contributed by atoms with E-state index in [-0.39, 0.29) is 12.4 Å². The Balaban J connectivity index is 0.000000963. The molecule has 0 aromatic rings. The highest BCUT2D eigenvalue weighted by atomic mass is 35.5. The van der Waals surface area contributed by atoms with Gasteiger partial charge in [-0.1, -0.05) is 0 Å². The lowest BCUT2D eigenvalue weighted by molar-refractivity contribution is -0.0490. The zero-order valence-corrected chi connectivity index (χ0v) is 11.2. The fraction of sp³-hybridized carbons (Fsp3) is 0.917. The summed E-state index contributed by atoms with van der Waals surface area (Å²) in [5.41, 5.74) is 6.10. The van der Waals surface area contributed by atoms with Gasteiger partial charge in [-0.25, -0.2) is 0 Å². The topological polar surface area (TPSA) is 38.0 Å². The molecule has 0 unspecified atom stereocenters. The number of hydrogen-bond acceptors (Lipinski definition) is 1. The Morgan fingerprint density at radius 1 is 1.12 bits per heavy atom. The summed E-state index contributed by atoms with van der Waals surface area (Å²) >= 11 is 4.92. The standard InChI is InChI=1S/C12H20N2S.ClH/c13-11(15)14-7-12-4-8-1-9(5-12)3-10(2-8)6-12;/h8-10H,1-7H2,(H3,13,14,15);1H. The zero-order chi connectivity index (χ0) is 10.5. The van der Waals surface area contributed by atoms with Crippen LogP contribution >= 0.6 is 24.6 Å². The molecule has 4 heteroatoms. The van der Waals surface area contributed by atoms with Crippen LogP contribution in [0.4, 0.5) is 0 Å². The van der Waals surface area contributed by atoms with E-state index >= 15 is 0 Å². The second kappa shape index (κ2) is 4.34. The van der Waals surface area contributed by atoms with Crippen LogP contribution in [0.1, 0.15) is 38.5 Å². The highest BCUT2D eigenvalue weighted by Crippen LogP contribution is 2.59. The van der Waals surface area contributed by atoms with E-state index in [9.17, 15) is 0 Å². The number of rotatable bonds is 2. The SMILES string of the molecule is Cl.NC(=S)NCC12CC3CC(CC(C3)C1)C2. The van der Waals surface area contributed by atoms with Crippen molar-refractivity contribution in [2.24, 2.45) is 28.9 Å². The van der Waals surface area contributed by atoms with Crippen LogP contribution < -0.4 is 11.1 Å². The highest BCUT2D eigenvalue weighted by molar-refractivity contribution is 7.80. The summed E-state index contributed by atoms with van der Waals surface area (Å²) in [5, 5.41) is 3.69. The van der Waals surface area contributed by atoms with E-state index in [4.69, 9.17) is 18.0 Å². The first kappa shape index (κ1) is 12.4. The molecule has 0 atom stereocenters. The van der Waals surface area contributed by atoms with Gasteiger partial charge in [0.1, 0.15) is 0 Å². The average molecular weight is 261 g/mol. The first-order valence-corrected chi connectivity index (χ1v) is 6.59. The third-order valence-electron chi connectivity index (χ3n) is 4.80. The lowest BCUT2D eigenvalue weighted by Gasteiger charge is -2.57. The maximum Gasteiger partial charge on any atom is 0.163 e.